The zero-order valence-electron chi connectivity index (χ0n) is 15.5. The summed E-state index contributed by atoms with van der Waals surface area (Å²) in [6, 6.07) is 16.3. The summed E-state index contributed by atoms with van der Waals surface area (Å²) in [5.74, 6) is -0.197. The van der Waals surface area contributed by atoms with Gasteiger partial charge in [-0.3, -0.25) is 9.59 Å². The van der Waals surface area contributed by atoms with Gasteiger partial charge in [-0.15, -0.1) is 0 Å². The van der Waals surface area contributed by atoms with Crippen LogP contribution in [0, 0.1) is 5.41 Å². The van der Waals surface area contributed by atoms with E-state index in [9.17, 15) is 9.59 Å². The minimum Gasteiger partial charge on any atom is -0.330 e. The van der Waals surface area contributed by atoms with Crippen molar-refractivity contribution in [2.75, 3.05) is 17.2 Å². The molecule has 1 fully saturated rings. The Morgan fingerprint density at radius 2 is 1.56 bits per heavy atom. The Labute approximate surface area is 160 Å². The van der Waals surface area contributed by atoms with E-state index in [0.29, 0.717) is 29.9 Å². The summed E-state index contributed by atoms with van der Waals surface area (Å²) >= 11 is 0. The lowest BCUT2D eigenvalue weighted by Gasteiger charge is -2.35. The molecule has 142 valence electrons. The fraction of sp³-hybridized carbons (Fsp3) is 0.364. The van der Waals surface area contributed by atoms with E-state index in [-0.39, 0.29) is 17.2 Å². The molecule has 1 aliphatic rings. The van der Waals surface area contributed by atoms with Gasteiger partial charge in [-0.2, -0.15) is 0 Å². The van der Waals surface area contributed by atoms with E-state index in [1.807, 2.05) is 30.3 Å². The Bertz CT molecular complexity index is 783. The quantitative estimate of drug-likeness (QED) is 0.718. The van der Waals surface area contributed by atoms with Gasteiger partial charge < -0.3 is 16.4 Å². The second kappa shape index (κ2) is 8.82. The molecule has 2 amide bonds. The molecule has 0 saturated heterocycles. The molecule has 4 N–H and O–H groups in total. The number of amides is 2. The Morgan fingerprint density at radius 3 is 2.22 bits per heavy atom. The maximum Gasteiger partial charge on any atom is 0.255 e. The van der Waals surface area contributed by atoms with E-state index >= 15 is 0 Å². The second-order valence-electron chi connectivity index (χ2n) is 7.39. The molecule has 27 heavy (non-hydrogen) atoms. The predicted molar refractivity (Wildman–Crippen MR) is 109 cm³/mol. The second-order valence-corrected chi connectivity index (χ2v) is 7.39. The molecule has 1 saturated carbocycles. The van der Waals surface area contributed by atoms with Crippen LogP contribution in [0.5, 0.6) is 0 Å². The average Bonchev–Trinajstić information content (AvgIpc) is 2.69. The van der Waals surface area contributed by atoms with E-state index < -0.39 is 0 Å². The minimum absolute atomic E-state index is 0.0196. The largest absolute Gasteiger partial charge is 0.330 e. The number of carbonyl (C=O) groups excluding carboxylic acids is 2. The molecule has 0 atom stereocenters. The molecule has 0 aromatic heterocycles. The van der Waals surface area contributed by atoms with Crippen LogP contribution >= 0.6 is 0 Å². The predicted octanol–water partition coefficient (Wildman–Crippen LogP) is 4.18. The van der Waals surface area contributed by atoms with Crippen LogP contribution in [-0.4, -0.2) is 18.4 Å². The van der Waals surface area contributed by atoms with Gasteiger partial charge in [0.15, 0.2) is 0 Å². The number of hydrogen-bond donors (Lipinski definition) is 3. The molecular formula is C22H27N3O2. The van der Waals surface area contributed by atoms with Gasteiger partial charge in [0.1, 0.15) is 0 Å². The van der Waals surface area contributed by atoms with Crippen molar-refractivity contribution in [3.63, 3.8) is 0 Å². The number of nitrogens with two attached hydrogens (primary N) is 1. The normalized spacial score (nSPS) is 15.7. The fourth-order valence-corrected chi connectivity index (χ4v) is 3.77. The lowest BCUT2D eigenvalue weighted by molar-refractivity contribution is -0.118. The molecule has 0 bridgehead atoms. The number of anilines is 2. The highest BCUT2D eigenvalue weighted by Crippen LogP contribution is 2.38. The third-order valence-corrected chi connectivity index (χ3v) is 5.32. The molecule has 5 heteroatoms. The van der Waals surface area contributed by atoms with Crippen molar-refractivity contribution in [3.8, 4) is 0 Å². The molecule has 0 radical (unpaired) electrons. The van der Waals surface area contributed by atoms with Crippen molar-refractivity contribution in [2.45, 2.75) is 38.5 Å². The van der Waals surface area contributed by atoms with E-state index in [1.54, 1.807) is 24.3 Å². The van der Waals surface area contributed by atoms with Crippen molar-refractivity contribution in [3.05, 3.63) is 60.2 Å². The molecule has 1 aliphatic carbocycles. The smallest absolute Gasteiger partial charge is 0.255 e. The van der Waals surface area contributed by atoms with Gasteiger partial charge in [0.2, 0.25) is 5.91 Å². The van der Waals surface area contributed by atoms with E-state index in [4.69, 9.17) is 5.73 Å². The van der Waals surface area contributed by atoms with Crippen molar-refractivity contribution in [1.29, 1.82) is 0 Å². The summed E-state index contributed by atoms with van der Waals surface area (Å²) < 4.78 is 0. The summed E-state index contributed by atoms with van der Waals surface area (Å²) in [4.78, 5) is 24.8. The van der Waals surface area contributed by atoms with Gasteiger partial charge >= 0.3 is 0 Å². The third kappa shape index (κ3) is 5.17. The van der Waals surface area contributed by atoms with Crippen molar-refractivity contribution >= 4 is 23.2 Å². The number of carbonyl (C=O) groups is 2. The Hall–Kier alpha value is -2.66. The van der Waals surface area contributed by atoms with Gasteiger partial charge in [0.05, 0.1) is 0 Å². The summed E-state index contributed by atoms with van der Waals surface area (Å²) in [6.45, 7) is 0.549. The average molecular weight is 365 g/mol. The van der Waals surface area contributed by atoms with Gasteiger partial charge in [0, 0.05) is 23.4 Å². The highest BCUT2D eigenvalue weighted by Gasteiger charge is 2.32. The number of nitrogens with one attached hydrogen (secondary N) is 2. The van der Waals surface area contributed by atoms with Crippen LogP contribution in [0.3, 0.4) is 0 Å². The first-order valence-electron chi connectivity index (χ1n) is 9.57. The summed E-state index contributed by atoms with van der Waals surface area (Å²) in [5, 5.41) is 5.82. The molecule has 0 spiro atoms. The highest BCUT2D eigenvalue weighted by molar-refractivity contribution is 6.04. The van der Waals surface area contributed by atoms with Crippen LogP contribution in [-0.2, 0) is 4.79 Å². The van der Waals surface area contributed by atoms with E-state index in [0.717, 1.165) is 25.7 Å². The standard InChI is InChI=1S/C22H27N3O2/c23-16-22(12-5-2-6-13-22)15-20(26)24-18-10-7-11-19(14-18)25-21(27)17-8-3-1-4-9-17/h1,3-4,7-11,14H,2,5-6,12-13,15-16,23H2,(H,24,26)(H,25,27). The van der Waals surface area contributed by atoms with Gasteiger partial charge in [-0.1, -0.05) is 43.5 Å². The van der Waals surface area contributed by atoms with Crippen LogP contribution in [0.2, 0.25) is 0 Å². The number of benzene rings is 2. The Morgan fingerprint density at radius 1 is 0.889 bits per heavy atom. The molecule has 5 nitrogen and oxygen atoms in total. The van der Waals surface area contributed by atoms with Crippen LogP contribution in [0.15, 0.2) is 54.6 Å². The SMILES string of the molecule is NCC1(CC(=O)Nc2cccc(NC(=O)c3ccccc3)c2)CCCCC1. The van der Waals surface area contributed by atoms with Crippen molar-refractivity contribution in [2.24, 2.45) is 11.1 Å². The van der Waals surface area contributed by atoms with Gasteiger partial charge in [-0.05, 0) is 55.1 Å². The summed E-state index contributed by atoms with van der Waals surface area (Å²) in [6.07, 6.45) is 6.00. The number of rotatable bonds is 6. The highest BCUT2D eigenvalue weighted by atomic mass is 16.2. The Balaban J connectivity index is 1.61. The first-order valence-corrected chi connectivity index (χ1v) is 9.57. The third-order valence-electron chi connectivity index (χ3n) is 5.32. The van der Waals surface area contributed by atoms with Crippen LogP contribution in [0.25, 0.3) is 0 Å². The number of hydrogen-bond acceptors (Lipinski definition) is 3. The molecule has 2 aromatic carbocycles. The molecule has 0 heterocycles. The molecule has 0 aliphatic heterocycles. The molecule has 3 rings (SSSR count). The molecule has 0 unspecified atom stereocenters. The first kappa shape index (κ1) is 19.1. The summed E-state index contributed by atoms with van der Waals surface area (Å²) in [7, 11) is 0. The van der Waals surface area contributed by atoms with Crippen LogP contribution < -0.4 is 16.4 Å². The van der Waals surface area contributed by atoms with Crippen molar-refractivity contribution in [1.82, 2.24) is 0 Å². The van der Waals surface area contributed by atoms with Crippen molar-refractivity contribution < 1.29 is 9.59 Å². The van der Waals surface area contributed by atoms with Gasteiger partial charge in [0.25, 0.3) is 5.91 Å². The van der Waals surface area contributed by atoms with Crippen LogP contribution in [0.1, 0.15) is 48.9 Å². The van der Waals surface area contributed by atoms with Crippen LogP contribution in [0.4, 0.5) is 11.4 Å². The van der Waals surface area contributed by atoms with E-state index in [1.165, 1.54) is 6.42 Å². The Kier molecular flexibility index (Phi) is 6.24. The lowest BCUT2D eigenvalue weighted by atomic mass is 9.71. The maximum absolute atomic E-state index is 12.5. The zero-order valence-corrected chi connectivity index (χ0v) is 15.5. The summed E-state index contributed by atoms with van der Waals surface area (Å²) in [5.41, 5.74) is 7.83. The topological polar surface area (TPSA) is 84.2 Å². The van der Waals surface area contributed by atoms with Gasteiger partial charge in [-0.25, -0.2) is 0 Å². The minimum atomic E-state index is -0.177. The maximum atomic E-state index is 12.5. The molecular weight excluding hydrogens is 338 g/mol. The van der Waals surface area contributed by atoms with E-state index in [2.05, 4.69) is 10.6 Å². The lowest BCUT2D eigenvalue weighted by Crippen LogP contribution is -2.36. The monoisotopic (exact) mass is 365 g/mol. The first-order chi connectivity index (χ1) is 13.1. The molecule has 2 aromatic rings. The zero-order chi connectivity index (χ0) is 19.1. The fourth-order valence-electron chi connectivity index (χ4n) is 3.77.